The number of hydrogen-bond acceptors (Lipinski definition) is 2. The van der Waals surface area contributed by atoms with E-state index >= 15 is 0 Å². The van der Waals surface area contributed by atoms with Crippen LogP contribution in [0.15, 0.2) is 0 Å². The van der Waals surface area contributed by atoms with E-state index in [1.807, 2.05) is 0 Å². The monoisotopic (exact) mass is 270 g/mol. The average molecular weight is 270 g/mol. The van der Waals surface area contributed by atoms with E-state index < -0.39 is 11.9 Å². The topological polar surface area (TPSA) is 69.6 Å². The minimum absolute atomic E-state index is 0.159. The fourth-order valence-electron chi connectivity index (χ4n) is 2.57. The molecule has 0 aromatic heterocycles. The van der Waals surface area contributed by atoms with Crippen LogP contribution in [0.4, 0.5) is 4.79 Å². The van der Waals surface area contributed by atoms with Crippen LogP contribution in [0.1, 0.15) is 46.0 Å². The molecule has 1 fully saturated rings. The van der Waals surface area contributed by atoms with Gasteiger partial charge in [0.1, 0.15) is 0 Å². The lowest BCUT2D eigenvalue weighted by atomic mass is 9.84. The molecule has 0 bridgehead atoms. The molecule has 1 aliphatic rings. The maximum absolute atomic E-state index is 11.9. The van der Waals surface area contributed by atoms with Gasteiger partial charge in [0.15, 0.2) is 0 Å². The van der Waals surface area contributed by atoms with E-state index in [4.69, 9.17) is 5.11 Å². The molecule has 2 amide bonds. The van der Waals surface area contributed by atoms with E-state index in [9.17, 15) is 9.59 Å². The second-order valence-electron chi connectivity index (χ2n) is 5.70. The maximum atomic E-state index is 11.9. The number of carboxylic acid groups (broad SMARTS) is 1. The van der Waals surface area contributed by atoms with Crippen LogP contribution < -0.4 is 5.32 Å². The minimum atomic E-state index is -0.872. The standard InChI is InChI=1S/C14H26N2O3/c1-4-11-5-7-12(8-6-11)15-14(19)16(3)9-10(2)13(17)18/h10-12H,4-9H2,1-3H3,(H,15,19)(H,17,18). The molecule has 0 heterocycles. The molecule has 5 heteroatoms. The zero-order valence-electron chi connectivity index (χ0n) is 12.2. The molecular weight excluding hydrogens is 244 g/mol. The fourth-order valence-corrected chi connectivity index (χ4v) is 2.57. The number of hydrogen-bond donors (Lipinski definition) is 2. The van der Waals surface area contributed by atoms with Gasteiger partial charge in [0.25, 0.3) is 0 Å². The summed E-state index contributed by atoms with van der Waals surface area (Å²) in [5, 5.41) is 11.8. The van der Waals surface area contributed by atoms with Gasteiger partial charge in [0, 0.05) is 19.6 Å². The lowest BCUT2D eigenvalue weighted by Crippen LogP contribution is -2.46. The van der Waals surface area contributed by atoms with Crippen molar-refractivity contribution in [3.63, 3.8) is 0 Å². The Labute approximate surface area is 115 Å². The summed E-state index contributed by atoms with van der Waals surface area (Å²) in [5.41, 5.74) is 0. The molecule has 0 spiro atoms. The Balaban J connectivity index is 2.32. The number of aliphatic carboxylic acids is 1. The third kappa shape index (κ3) is 5.09. The molecule has 1 atom stereocenters. The third-order valence-corrected chi connectivity index (χ3v) is 4.07. The number of rotatable bonds is 5. The summed E-state index contributed by atoms with van der Waals surface area (Å²) in [6.45, 7) is 4.06. The summed E-state index contributed by atoms with van der Waals surface area (Å²) in [6.07, 6.45) is 5.64. The maximum Gasteiger partial charge on any atom is 0.317 e. The summed E-state index contributed by atoms with van der Waals surface area (Å²) >= 11 is 0. The summed E-state index contributed by atoms with van der Waals surface area (Å²) in [4.78, 5) is 24.2. The van der Waals surface area contributed by atoms with Gasteiger partial charge in [-0.15, -0.1) is 0 Å². The van der Waals surface area contributed by atoms with E-state index in [2.05, 4.69) is 12.2 Å². The molecule has 1 rings (SSSR count). The predicted molar refractivity (Wildman–Crippen MR) is 74.0 cm³/mol. The third-order valence-electron chi connectivity index (χ3n) is 4.07. The molecule has 110 valence electrons. The van der Waals surface area contributed by atoms with Gasteiger partial charge in [-0.05, 0) is 31.6 Å². The quantitative estimate of drug-likeness (QED) is 0.805. The van der Waals surface area contributed by atoms with Gasteiger partial charge in [0.2, 0.25) is 0 Å². The largest absolute Gasteiger partial charge is 0.481 e. The smallest absolute Gasteiger partial charge is 0.317 e. The Morgan fingerprint density at radius 1 is 1.32 bits per heavy atom. The summed E-state index contributed by atoms with van der Waals surface area (Å²) in [6, 6.07) is 0.0888. The highest BCUT2D eigenvalue weighted by Gasteiger charge is 2.23. The second kappa shape index (κ2) is 7.36. The number of nitrogens with zero attached hydrogens (tertiary/aromatic N) is 1. The summed E-state index contributed by atoms with van der Waals surface area (Å²) in [5.74, 6) is -0.604. The summed E-state index contributed by atoms with van der Waals surface area (Å²) < 4.78 is 0. The number of nitrogens with one attached hydrogen (secondary N) is 1. The first-order valence-electron chi connectivity index (χ1n) is 7.18. The van der Waals surface area contributed by atoms with Crippen LogP contribution in [-0.4, -0.2) is 41.6 Å². The van der Waals surface area contributed by atoms with Crippen LogP contribution in [0.2, 0.25) is 0 Å². The van der Waals surface area contributed by atoms with Crippen molar-refractivity contribution in [2.24, 2.45) is 11.8 Å². The molecule has 5 nitrogen and oxygen atoms in total. The lowest BCUT2D eigenvalue weighted by molar-refractivity contribution is -0.141. The Morgan fingerprint density at radius 3 is 2.37 bits per heavy atom. The lowest BCUT2D eigenvalue weighted by Gasteiger charge is -2.30. The van der Waals surface area contributed by atoms with E-state index in [0.29, 0.717) is 0 Å². The first kappa shape index (κ1) is 15.8. The average Bonchev–Trinajstić information content (AvgIpc) is 2.39. The van der Waals surface area contributed by atoms with Crippen LogP contribution >= 0.6 is 0 Å². The highest BCUT2D eigenvalue weighted by Crippen LogP contribution is 2.26. The molecule has 0 aromatic rings. The second-order valence-corrected chi connectivity index (χ2v) is 5.70. The Morgan fingerprint density at radius 2 is 1.89 bits per heavy atom. The molecule has 1 saturated carbocycles. The van der Waals surface area contributed by atoms with Crippen molar-refractivity contribution >= 4 is 12.0 Å². The molecule has 0 aromatic carbocycles. The number of amides is 2. The van der Waals surface area contributed by atoms with Crippen molar-refractivity contribution in [2.45, 2.75) is 52.0 Å². The SMILES string of the molecule is CCC1CCC(NC(=O)N(C)CC(C)C(=O)O)CC1. The number of carbonyl (C=O) groups excluding carboxylic acids is 1. The van der Waals surface area contributed by atoms with Crippen LogP contribution in [0, 0.1) is 11.8 Å². The zero-order valence-corrected chi connectivity index (χ0v) is 12.2. The Kier molecular flexibility index (Phi) is 6.12. The Bertz CT molecular complexity index is 312. The zero-order chi connectivity index (χ0) is 14.4. The molecule has 0 saturated heterocycles. The Hall–Kier alpha value is -1.26. The van der Waals surface area contributed by atoms with E-state index in [0.717, 1.165) is 18.8 Å². The first-order valence-corrected chi connectivity index (χ1v) is 7.18. The van der Waals surface area contributed by atoms with Gasteiger partial charge in [-0.25, -0.2) is 4.79 Å². The predicted octanol–water partition coefficient (Wildman–Crippen LogP) is 2.32. The summed E-state index contributed by atoms with van der Waals surface area (Å²) in [7, 11) is 1.65. The van der Waals surface area contributed by atoms with E-state index in [1.165, 1.54) is 24.2 Å². The van der Waals surface area contributed by atoms with E-state index in [-0.39, 0.29) is 18.6 Å². The van der Waals surface area contributed by atoms with Gasteiger partial charge in [-0.1, -0.05) is 20.3 Å². The number of carbonyl (C=O) groups is 2. The molecule has 0 radical (unpaired) electrons. The van der Waals surface area contributed by atoms with E-state index in [1.54, 1.807) is 14.0 Å². The molecule has 0 aliphatic heterocycles. The molecular formula is C14H26N2O3. The normalized spacial score (nSPS) is 24.6. The number of urea groups is 1. The van der Waals surface area contributed by atoms with Gasteiger partial charge in [-0.3, -0.25) is 4.79 Å². The number of carboxylic acids is 1. The van der Waals surface area contributed by atoms with Crippen molar-refractivity contribution in [1.29, 1.82) is 0 Å². The van der Waals surface area contributed by atoms with Crippen LogP contribution in [-0.2, 0) is 4.79 Å². The molecule has 19 heavy (non-hydrogen) atoms. The van der Waals surface area contributed by atoms with Crippen molar-refractivity contribution < 1.29 is 14.7 Å². The van der Waals surface area contributed by atoms with Gasteiger partial charge in [0.05, 0.1) is 5.92 Å². The first-order chi connectivity index (χ1) is 8.93. The highest BCUT2D eigenvalue weighted by molar-refractivity contribution is 5.75. The molecule has 2 N–H and O–H groups in total. The fraction of sp³-hybridized carbons (Fsp3) is 0.857. The van der Waals surface area contributed by atoms with Crippen molar-refractivity contribution in [2.75, 3.05) is 13.6 Å². The van der Waals surface area contributed by atoms with Crippen LogP contribution in [0.25, 0.3) is 0 Å². The van der Waals surface area contributed by atoms with Crippen molar-refractivity contribution in [3.05, 3.63) is 0 Å². The van der Waals surface area contributed by atoms with Crippen LogP contribution in [0.5, 0.6) is 0 Å². The highest BCUT2D eigenvalue weighted by atomic mass is 16.4. The van der Waals surface area contributed by atoms with Gasteiger partial charge < -0.3 is 15.3 Å². The molecule has 1 aliphatic carbocycles. The van der Waals surface area contributed by atoms with Crippen molar-refractivity contribution in [3.8, 4) is 0 Å². The van der Waals surface area contributed by atoms with Gasteiger partial charge in [-0.2, -0.15) is 0 Å². The minimum Gasteiger partial charge on any atom is -0.481 e. The van der Waals surface area contributed by atoms with Crippen LogP contribution in [0.3, 0.4) is 0 Å². The molecule has 1 unspecified atom stereocenters. The van der Waals surface area contributed by atoms with Gasteiger partial charge >= 0.3 is 12.0 Å². The van der Waals surface area contributed by atoms with Crippen molar-refractivity contribution in [1.82, 2.24) is 10.2 Å².